The normalized spacial score (nSPS) is 12.3. The second-order valence-corrected chi connectivity index (χ2v) is 4.25. The van der Waals surface area contributed by atoms with Crippen molar-refractivity contribution in [1.29, 1.82) is 0 Å². The zero-order chi connectivity index (χ0) is 11.8. The van der Waals surface area contributed by atoms with E-state index in [1.807, 2.05) is 27.7 Å². The maximum Gasteiger partial charge on any atom is 0.229 e. The molecule has 0 aliphatic rings. The van der Waals surface area contributed by atoms with Crippen LogP contribution in [0.25, 0.3) is 0 Å². The van der Waals surface area contributed by atoms with Crippen LogP contribution in [0.4, 0.5) is 0 Å². The molecule has 0 aromatic carbocycles. The van der Waals surface area contributed by atoms with Gasteiger partial charge in [0.1, 0.15) is 6.42 Å². The zero-order valence-electron chi connectivity index (χ0n) is 10.1. The Morgan fingerprint density at radius 3 is 2.20 bits per heavy atom. The summed E-state index contributed by atoms with van der Waals surface area (Å²) in [5.74, 6) is 0.00156. The van der Waals surface area contributed by atoms with Crippen molar-refractivity contribution < 1.29 is 9.59 Å². The molecule has 4 nitrogen and oxygen atoms in total. The summed E-state index contributed by atoms with van der Waals surface area (Å²) in [6, 6.07) is 0.135. The summed E-state index contributed by atoms with van der Waals surface area (Å²) in [6.45, 7) is 8.56. The fourth-order valence-electron chi connectivity index (χ4n) is 0.954. The average molecular weight is 214 g/mol. The summed E-state index contributed by atoms with van der Waals surface area (Å²) in [5.41, 5.74) is 0. The molecule has 2 N–H and O–H groups in total. The van der Waals surface area contributed by atoms with Crippen LogP contribution in [0, 0.1) is 5.92 Å². The molecule has 0 aliphatic heterocycles. The molecule has 0 fully saturated rings. The van der Waals surface area contributed by atoms with Gasteiger partial charge in [0.2, 0.25) is 11.8 Å². The van der Waals surface area contributed by atoms with E-state index in [0.717, 1.165) is 6.42 Å². The molecule has 1 unspecified atom stereocenters. The molecule has 0 radical (unpaired) electrons. The first-order valence-corrected chi connectivity index (χ1v) is 5.51. The Kier molecular flexibility index (Phi) is 6.75. The van der Waals surface area contributed by atoms with Gasteiger partial charge in [-0.05, 0) is 19.3 Å². The number of rotatable bonds is 6. The smallest absolute Gasteiger partial charge is 0.229 e. The van der Waals surface area contributed by atoms with Gasteiger partial charge in [0.25, 0.3) is 0 Å². The summed E-state index contributed by atoms with van der Waals surface area (Å²) < 4.78 is 0. The van der Waals surface area contributed by atoms with Crippen LogP contribution in [-0.4, -0.2) is 24.4 Å². The molecular weight excluding hydrogens is 192 g/mol. The van der Waals surface area contributed by atoms with E-state index in [9.17, 15) is 9.59 Å². The Morgan fingerprint density at radius 2 is 1.73 bits per heavy atom. The lowest BCUT2D eigenvalue weighted by Gasteiger charge is -2.11. The minimum absolute atomic E-state index is 0.0724. The van der Waals surface area contributed by atoms with Gasteiger partial charge in [-0.15, -0.1) is 0 Å². The van der Waals surface area contributed by atoms with Gasteiger partial charge >= 0.3 is 0 Å². The second kappa shape index (κ2) is 7.26. The first-order valence-electron chi connectivity index (χ1n) is 5.51. The molecule has 0 aromatic rings. The highest BCUT2D eigenvalue weighted by atomic mass is 16.2. The first kappa shape index (κ1) is 13.9. The maximum atomic E-state index is 11.3. The van der Waals surface area contributed by atoms with Crippen LogP contribution < -0.4 is 10.6 Å². The molecule has 4 heteroatoms. The molecule has 2 amide bonds. The third kappa shape index (κ3) is 7.97. The van der Waals surface area contributed by atoms with Gasteiger partial charge in [0.15, 0.2) is 0 Å². The minimum atomic E-state index is -0.204. The summed E-state index contributed by atoms with van der Waals surface area (Å²) in [5, 5.41) is 5.45. The molecule has 0 saturated heterocycles. The van der Waals surface area contributed by atoms with E-state index in [1.165, 1.54) is 0 Å². The van der Waals surface area contributed by atoms with E-state index >= 15 is 0 Å². The van der Waals surface area contributed by atoms with E-state index < -0.39 is 0 Å². The molecule has 0 aliphatic carbocycles. The minimum Gasteiger partial charge on any atom is -0.355 e. The lowest BCUT2D eigenvalue weighted by Crippen LogP contribution is -2.37. The van der Waals surface area contributed by atoms with E-state index in [2.05, 4.69) is 10.6 Å². The highest BCUT2D eigenvalue weighted by Gasteiger charge is 2.10. The van der Waals surface area contributed by atoms with Crippen LogP contribution >= 0.6 is 0 Å². The van der Waals surface area contributed by atoms with Crippen LogP contribution in [-0.2, 0) is 9.59 Å². The van der Waals surface area contributed by atoms with Gasteiger partial charge < -0.3 is 10.6 Å². The van der Waals surface area contributed by atoms with Crippen LogP contribution in [0.1, 0.15) is 40.5 Å². The summed E-state index contributed by atoms with van der Waals surface area (Å²) in [6.07, 6.45) is 0.802. The third-order valence-corrected chi connectivity index (χ3v) is 2.05. The molecular formula is C11H22N2O2. The third-order valence-electron chi connectivity index (χ3n) is 2.05. The molecule has 0 bridgehead atoms. The maximum absolute atomic E-state index is 11.3. The van der Waals surface area contributed by atoms with Gasteiger partial charge in [0, 0.05) is 12.6 Å². The lowest BCUT2D eigenvalue weighted by atomic mass is 10.2. The number of carbonyl (C=O) groups excluding carboxylic acids is 2. The Hall–Kier alpha value is -1.06. The van der Waals surface area contributed by atoms with E-state index in [4.69, 9.17) is 0 Å². The fourth-order valence-corrected chi connectivity index (χ4v) is 0.954. The second-order valence-electron chi connectivity index (χ2n) is 4.25. The molecule has 15 heavy (non-hydrogen) atoms. The van der Waals surface area contributed by atoms with Crippen molar-refractivity contribution >= 4 is 11.8 Å². The van der Waals surface area contributed by atoms with Crippen molar-refractivity contribution in [1.82, 2.24) is 10.6 Å². The molecule has 0 rings (SSSR count). The Balaban J connectivity index is 3.72. The van der Waals surface area contributed by atoms with Crippen LogP contribution in [0.15, 0.2) is 0 Å². The van der Waals surface area contributed by atoms with Crippen LogP contribution in [0.2, 0.25) is 0 Å². The van der Waals surface area contributed by atoms with Crippen molar-refractivity contribution in [2.75, 3.05) is 6.54 Å². The molecule has 0 saturated carbocycles. The van der Waals surface area contributed by atoms with Gasteiger partial charge in [-0.2, -0.15) is 0 Å². The van der Waals surface area contributed by atoms with Crippen molar-refractivity contribution in [3.63, 3.8) is 0 Å². The van der Waals surface area contributed by atoms with Crippen molar-refractivity contribution in [2.45, 2.75) is 46.6 Å². The van der Waals surface area contributed by atoms with E-state index in [-0.39, 0.29) is 24.3 Å². The Bertz CT molecular complexity index is 215. The monoisotopic (exact) mass is 214 g/mol. The van der Waals surface area contributed by atoms with Crippen molar-refractivity contribution in [3.8, 4) is 0 Å². The zero-order valence-corrected chi connectivity index (χ0v) is 10.1. The summed E-state index contributed by atoms with van der Waals surface area (Å²) >= 11 is 0. The van der Waals surface area contributed by atoms with Crippen molar-refractivity contribution in [2.24, 2.45) is 5.92 Å². The van der Waals surface area contributed by atoms with E-state index in [1.54, 1.807) is 0 Å². The lowest BCUT2D eigenvalue weighted by molar-refractivity contribution is -0.129. The summed E-state index contributed by atoms with van der Waals surface area (Å²) in [4.78, 5) is 22.6. The molecule has 1 atom stereocenters. The topological polar surface area (TPSA) is 58.2 Å². The first-order chi connectivity index (χ1) is 6.95. The molecule has 0 heterocycles. The van der Waals surface area contributed by atoms with Gasteiger partial charge in [-0.1, -0.05) is 20.8 Å². The molecule has 0 spiro atoms. The largest absolute Gasteiger partial charge is 0.355 e. The highest BCUT2D eigenvalue weighted by Crippen LogP contribution is 1.91. The standard InChI is InChI=1S/C11H22N2O2/c1-5-9(4)13-11(15)6-10(14)12-7-8(2)3/h8-9H,5-7H2,1-4H3,(H,12,14)(H,13,15). The predicted molar refractivity (Wildman–Crippen MR) is 60.4 cm³/mol. The van der Waals surface area contributed by atoms with Gasteiger partial charge in [0.05, 0.1) is 0 Å². The Morgan fingerprint density at radius 1 is 1.13 bits per heavy atom. The predicted octanol–water partition coefficient (Wildman–Crippen LogP) is 1.06. The van der Waals surface area contributed by atoms with Crippen molar-refractivity contribution in [3.05, 3.63) is 0 Å². The molecule has 0 aromatic heterocycles. The number of hydrogen-bond acceptors (Lipinski definition) is 2. The van der Waals surface area contributed by atoms with Crippen LogP contribution in [0.5, 0.6) is 0 Å². The average Bonchev–Trinajstić information content (AvgIpc) is 2.14. The highest BCUT2D eigenvalue weighted by molar-refractivity contribution is 5.96. The number of carbonyl (C=O) groups is 2. The number of amides is 2. The van der Waals surface area contributed by atoms with Gasteiger partial charge in [-0.3, -0.25) is 9.59 Å². The summed E-state index contributed by atoms with van der Waals surface area (Å²) in [7, 11) is 0. The van der Waals surface area contributed by atoms with Crippen LogP contribution in [0.3, 0.4) is 0 Å². The quantitative estimate of drug-likeness (QED) is 0.650. The molecule has 88 valence electrons. The van der Waals surface area contributed by atoms with Gasteiger partial charge in [-0.25, -0.2) is 0 Å². The Labute approximate surface area is 91.8 Å². The number of hydrogen-bond donors (Lipinski definition) is 2. The SMILES string of the molecule is CCC(C)NC(=O)CC(=O)NCC(C)C. The number of nitrogens with one attached hydrogen (secondary N) is 2. The van der Waals surface area contributed by atoms with E-state index in [0.29, 0.717) is 12.5 Å². The fraction of sp³-hybridized carbons (Fsp3) is 0.818.